The van der Waals surface area contributed by atoms with Gasteiger partial charge in [-0.05, 0) is 6.92 Å². The molecule has 3 N–H and O–H groups in total. The van der Waals surface area contributed by atoms with E-state index in [9.17, 15) is 0 Å². The van der Waals surface area contributed by atoms with E-state index >= 15 is 0 Å². The van der Waals surface area contributed by atoms with Crippen LogP contribution in [0, 0.1) is 0 Å². The van der Waals surface area contributed by atoms with Crippen LogP contribution in [0.3, 0.4) is 0 Å². The molecule has 0 aliphatic carbocycles. The van der Waals surface area contributed by atoms with Crippen LogP contribution in [0.4, 0.5) is 0 Å². The highest BCUT2D eigenvalue weighted by Crippen LogP contribution is 2.04. The Morgan fingerprint density at radius 3 is 2.73 bits per heavy atom. The summed E-state index contributed by atoms with van der Waals surface area (Å²) < 4.78 is 1.60. The van der Waals surface area contributed by atoms with Crippen molar-refractivity contribution in [2.45, 2.75) is 19.0 Å². The molecule has 0 spiro atoms. The molecule has 84 valence electrons. The zero-order chi connectivity index (χ0) is 11.3. The number of hydrogen-bond acceptors (Lipinski definition) is 4. The van der Waals surface area contributed by atoms with E-state index in [0.717, 1.165) is 5.56 Å². The summed E-state index contributed by atoms with van der Waals surface area (Å²) in [4.78, 5) is 0. The monoisotopic (exact) mass is 211 g/mol. The third-order valence-corrected chi connectivity index (χ3v) is 2.26. The van der Waals surface area contributed by atoms with Crippen LogP contribution >= 0.6 is 0 Å². The van der Waals surface area contributed by atoms with Gasteiger partial charge in [0.05, 0.1) is 24.9 Å². The van der Waals surface area contributed by atoms with Crippen LogP contribution in [-0.2, 0) is 6.54 Å². The first-order valence-electron chi connectivity index (χ1n) is 4.76. The predicted octanol–water partition coefficient (Wildman–Crippen LogP) is -0.184. The van der Waals surface area contributed by atoms with Crippen molar-refractivity contribution in [1.29, 1.82) is 0 Å². The Bertz CT molecular complexity index is 318. The number of rotatable bonds is 6. The molecule has 1 rings (SSSR count). The van der Waals surface area contributed by atoms with Gasteiger partial charge in [-0.1, -0.05) is 6.58 Å². The minimum absolute atomic E-state index is 0.112. The second kappa shape index (κ2) is 5.06. The van der Waals surface area contributed by atoms with Gasteiger partial charge in [0, 0.05) is 24.5 Å². The Balaban J connectivity index is 2.52. The fourth-order valence-corrected chi connectivity index (χ4v) is 1.05. The molecule has 5 nitrogen and oxygen atoms in total. The number of nitrogens with zero attached hydrogens (tertiary/aromatic N) is 2. The molecule has 0 fully saturated rings. The van der Waals surface area contributed by atoms with Gasteiger partial charge in [0.1, 0.15) is 0 Å². The molecule has 15 heavy (non-hydrogen) atoms. The highest BCUT2D eigenvalue weighted by molar-refractivity contribution is 5.17. The highest BCUT2D eigenvalue weighted by atomic mass is 16.3. The quantitative estimate of drug-likeness (QED) is 0.610. The van der Waals surface area contributed by atoms with Gasteiger partial charge >= 0.3 is 0 Å². The van der Waals surface area contributed by atoms with E-state index in [4.69, 9.17) is 10.2 Å². The summed E-state index contributed by atoms with van der Waals surface area (Å²) in [5.41, 5.74) is 0.319. The lowest BCUT2D eigenvalue weighted by Gasteiger charge is -2.25. The number of aliphatic hydroxyl groups excluding tert-OH is 2. The van der Waals surface area contributed by atoms with Gasteiger partial charge in [-0.25, -0.2) is 4.68 Å². The molecule has 1 aromatic rings. The molecule has 0 aromatic carbocycles. The molecule has 0 bridgehead atoms. The van der Waals surface area contributed by atoms with E-state index in [1.165, 1.54) is 0 Å². The molecule has 0 atom stereocenters. The molecule has 0 saturated carbocycles. The maximum atomic E-state index is 9.06. The Kier molecular flexibility index (Phi) is 4.02. The van der Waals surface area contributed by atoms with Gasteiger partial charge < -0.3 is 15.5 Å². The molecule has 0 aliphatic heterocycles. The van der Waals surface area contributed by atoms with Crippen LogP contribution in [0.5, 0.6) is 0 Å². The highest BCUT2D eigenvalue weighted by Gasteiger charge is 2.21. The van der Waals surface area contributed by atoms with Crippen molar-refractivity contribution >= 4 is 6.20 Å². The first-order valence-corrected chi connectivity index (χ1v) is 4.76. The fourth-order valence-electron chi connectivity index (χ4n) is 1.05. The van der Waals surface area contributed by atoms with Crippen molar-refractivity contribution in [3.63, 3.8) is 0 Å². The van der Waals surface area contributed by atoms with Crippen molar-refractivity contribution in [2.75, 3.05) is 13.2 Å². The lowest BCUT2D eigenvalue weighted by Crippen LogP contribution is -2.48. The Hall–Kier alpha value is -1.17. The number of aromatic nitrogens is 2. The van der Waals surface area contributed by atoms with Crippen molar-refractivity contribution in [3.8, 4) is 0 Å². The van der Waals surface area contributed by atoms with Gasteiger partial charge in [0.25, 0.3) is 0 Å². The number of hydrogen-bond donors (Lipinski definition) is 3. The smallest absolute Gasteiger partial charge is 0.0633 e. The third kappa shape index (κ3) is 3.16. The van der Waals surface area contributed by atoms with Crippen molar-refractivity contribution < 1.29 is 10.2 Å². The summed E-state index contributed by atoms with van der Waals surface area (Å²) in [6.45, 7) is 5.66. The average Bonchev–Trinajstić information content (AvgIpc) is 2.74. The summed E-state index contributed by atoms with van der Waals surface area (Å²) in [5, 5.41) is 25.2. The number of aliphatic hydroxyl groups is 2. The molecule has 1 heterocycles. The molecule has 0 saturated heterocycles. The van der Waals surface area contributed by atoms with Crippen LogP contribution in [0.2, 0.25) is 0 Å². The largest absolute Gasteiger partial charge is 0.394 e. The standard InChI is InChI=1S/C10H17N3O2/c1-3-13-6-9(5-12-13)4-11-10(2,7-14)8-15/h3,5-6,11,14-15H,1,4,7-8H2,2H3. The summed E-state index contributed by atoms with van der Waals surface area (Å²) in [6.07, 6.45) is 5.14. The second-order valence-electron chi connectivity index (χ2n) is 3.74. The van der Waals surface area contributed by atoms with E-state index in [1.807, 2.05) is 6.20 Å². The predicted molar refractivity (Wildman–Crippen MR) is 58.0 cm³/mol. The molecular formula is C10H17N3O2. The van der Waals surface area contributed by atoms with Crippen LogP contribution < -0.4 is 5.32 Å². The summed E-state index contributed by atoms with van der Waals surface area (Å²) in [5.74, 6) is 0. The summed E-state index contributed by atoms with van der Waals surface area (Å²) >= 11 is 0. The Morgan fingerprint density at radius 1 is 1.60 bits per heavy atom. The van der Waals surface area contributed by atoms with Gasteiger partial charge in [0.2, 0.25) is 0 Å². The SMILES string of the molecule is C=Cn1cc(CNC(C)(CO)CO)cn1. The maximum Gasteiger partial charge on any atom is 0.0633 e. The summed E-state index contributed by atoms with van der Waals surface area (Å²) in [7, 11) is 0. The molecular weight excluding hydrogens is 194 g/mol. The Morgan fingerprint density at radius 2 is 2.27 bits per heavy atom. The fraction of sp³-hybridized carbons (Fsp3) is 0.500. The molecule has 0 radical (unpaired) electrons. The van der Waals surface area contributed by atoms with E-state index in [2.05, 4.69) is 17.0 Å². The molecule has 0 amide bonds. The first-order chi connectivity index (χ1) is 7.13. The van der Waals surface area contributed by atoms with Crippen LogP contribution in [0.1, 0.15) is 12.5 Å². The zero-order valence-electron chi connectivity index (χ0n) is 8.85. The molecule has 0 unspecified atom stereocenters. The third-order valence-electron chi connectivity index (χ3n) is 2.26. The van der Waals surface area contributed by atoms with Crippen molar-refractivity contribution in [1.82, 2.24) is 15.1 Å². The van der Waals surface area contributed by atoms with Gasteiger partial charge in [0.15, 0.2) is 0 Å². The van der Waals surface area contributed by atoms with Crippen LogP contribution in [0.15, 0.2) is 19.0 Å². The maximum absolute atomic E-state index is 9.06. The minimum atomic E-state index is -0.656. The van der Waals surface area contributed by atoms with E-state index in [-0.39, 0.29) is 13.2 Å². The normalized spacial score (nSPS) is 11.7. The van der Waals surface area contributed by atoms with Crippen molar-refractivity contribution in [2.24, 2.45) is 0 Å². The lowest BCUT2D eigenvalue weighted by atomic mass is 10.1. The molecule has 0 aliphatic rings. The molecule has 5 heteroatoms. The van der Waals surface area contributed by atoms with Gasteiger partial charge in [-0.3, -0.25) is 0 Å². The van der Waals surface area contributed by atoms with Crippen LogP contribution in [-0.4, -0.2) is 38.7 Å². The van der Waals surface area contributed by atoms with E-state index < -0.39 is 5.54 Å². The first kappa shape index (κ1) is 11.9. The summed E-state index contributed by atoms with van der Waals surface area (Å²) in [6, 6.07) is 0. The molecule has 1 aromatic heterocycles. The second-order valence-corrected chi connectivity index (χ2v) is 3.74. The average molecular weight is 211 g/mol. The minimum Gasteiger partial charge on any atom is -0.394 e. The number of nitrogens with one attached hydrogen (secondary N) is 1. The van der Waals surface area contributed by atoms with Gasteiger partial charge in [-0.2, -0.15) is 5.10 Å². The zero-order valence-corrected chi connectivity index (χ0v) is 8.85. The van der Waals surface area contributed by atoms with E-state index in [1.54, 1.807) is 24.0 Å². The Labute approximate surface area is 89.0 Å². The lowest BCUT2D eigenvalue weighted by molar-refractivity contribution is 0.103. The van der Waals surface area contributed by atoms with Gasteiger partial charge in [-0.15, -0.1) is 0 Å². The van der Waals surface area contributed by atoms with Crippen molar-refractivity contribution in [3.05, 3.63) is 24.5 Å². The van der Waals surface area contributed by atoms with E-state index in [0.29, 0.717) is 6.54 Å². The van der Waals surface area contributed by atoms with Crippen LogP contribution in [0.25, 0.3) is 6.20 Å². The topological polar surface area (TPSA) is 70.3 Å².